The van der Waals surface area contributed by atoms with Crippen molar-refractivity contribution < 1.29 is 9.90 Å². The van der Waals surface area contributed by atoms with Crippen LogP contribution in [-0.4, -0.2) is 35.8 Å². The van der Waals surface area contributed by atoms with Crippen molar-refractivity contribution >= 4 is 28.3 Å². The van der Waals surface area contributed by atoms with E-state index in [0.29, 0.717) is 11.4 Å². The molecule has 0 atom stereocenters. The number of hydrogen-bond donors (Lipinski definition) is 3. The number of benzene rings is 1. The summed E-state index contributed by atoms with van der Waals surface area (Å²) in [4.78, 5) is 24.6. The summed E-state index contributed by atoms with van der Waals surface area (Å²) in [5.74, 6) is -0.783. The molecule has 9 heteroatoms. The Morgan fingerprint density at radius 1 is 1.14 bits per heavy atom. The van der Waals surface area contributed by atoms with Crippen molar-refractivity contribution in [1.82, 2.24) is 24.7 Å². The number of aryl methyl sites for hydroxylation is 3. The summed E-state index contributed by atoms with van der Waals surface area (Å²) >= 11 is 1.44. The second-order valence-corrected chi connectivity index (χ2v) is 9.68. The maximum absolute atomic E-state index is 10.6. The molecule has 0 saturated carbocycles. The molecule has 0 aliphatic heterocycles. The first-order valence-electron chi connectivity index (χ1n) is 11.5. The molecule has 4 heterocycles. The van der Waals surface area contributed by atoms with Crippen LogP contribution in [0.2, 0.25) is 0 Å². The minimum Gasteiger partial charge on any atom is -0.477 e. The molecule has 1 aromatic carbocycles. The second kappa shape index (κ2) is 9.81. The van der Waals surface area contributed by atoms with Gasteiger partial charge in [0.2, 0.25) is 0 Å². The number of aromatic carboxylic acids is 1. The van der Waals surface area contributed by atoms with Crippen molar-refractivity contribution in [3.8, 4) is 22.5 Å². The van der Waals surface area contributed by atoms with E-state index in [4.69, 9.17) is 10.8 Å². The number of nitrogens with zero attached hydrogens (tertiary/aromatic N) is 4. The van der Waals surface area contributed by atoms with Crippen molar-refractivity contribution in [2.75, 3.05) is 0 Å². The zero-order valence-electron chi connectivity index (χ0n) is 19.4. The lowest BCUT2D eigenvalue weighted by Crippen LogP contribution is -1.96. The lowest BCUT2D eigenvalue weighted by molar-refractivity contribution is 0.0702. The highest BCUT2D eigenvalue weighted by atomic mass is 32.1. The van der Waals surface area contributed by atoms with Crippen molar-refractivity contribution in [2.24, 2.45) is 12.8 Å². The standard InChI is InChI=1S/C17H16N6.C9H10O2S/c1-23-9-13(8-21-23)15-6-14-16(19-10-20-17(14)22-15)12-4-2-11(7-18)3-5-12;10-9(11)8-5-6-3-1-2-4-7(6)12-8/h2-6,8-10H,7,18H2,1H3,(H,19,20,22);5H,1-4H2,(H,10,11). The van der Waals surface area contributed by atoms with Gasteiger partial charge in [-0.05, 0) is 48.9 Å². The van der Waals surface area contributed by atoms with Gasteiger partial charge in [0.05, 0.1) is 17.6 Å². The van der Waals surface area contributed by atoms with E-state index in [9.17, 15) is 4.79 Å². The number of rotatable bonds is 4. The van der Waals surface area contributed by atoms with Crippen molar-refractivity contribution in [3.05, 3.63) is 76.0 Å². The molecule has 8 nitrogen and oxygen atoms in total. The van der Waals surface area contributed by atoms with Crippen LogP contribution in [0, 0.1) is 0 Å². The van der Waals surface area contributed by atoms with Gasteiger partial charge in [0, 0.05) is 41.2 Å². The molecule has 1 aliphatic rings. The van der Waals surface area contributed by atoms with Crippen LogP contribution in [0.1, 0.15) is 38.5 Å². The number of hydrogen-bond acceptors (Lipinski definition) is 6. The Labute approximate surface area is 206 Å². The van der Waals surface area contributed by atoms with E-state index in [0.717, 1.165) is 52.0 Å². The van der Waals surface area contributed by atoms with Crippen LogP contribution in [-0.2, 0) is 26.4 Å². The fourth-order valence-corrected chi connectivity index (χ4v) is 5.37. The predicted octanol–water partition coefficient (Wildman–Crippen LogP) is 4.81. The summed E-state index contributed by atoms with van der Waals surface area (Å²) in [7, 11) is 1.90. The smallest absolute Gasteiger partial charge is 0.345 e. The normalized spacial score (nSPS) is 12.7. The third-order valence-corrected chi connectivity index (χ3v) is 7.34. The molecule has 0 amide bonds. The van der Waals surface area contributed by atoms with E-state index in [1.807, 2.05) is 49.8 Å². The molecule has 5 aromatic rings. The van der Waals surface area contributed by atoms with Crippen LogP contribution in [0.3, 0.4) is 0 Å². The zero-order chi connectivity index (χ0) is 24.4. The Bertz CT molecular complexity index is 1460. The third-order valence-electron chi connectivity index (χ3n) is 6.11. The number of nitrogens with one attached hydrogen (secondary N) is 1. The van der Waals surface area contributed by atoms with Crippen LogP contribution in [0.15, 0.2) is 55.1 Å². The summed E-state index contributed by atoms with van der Waals surface area (Å²) in [5, 5.41) is 13.9. The zero-order valence-corrected chi connectivity index (χ0v) is 20.2. The van der Waals surface area contributed by atoms with Gasteiger partial charge in [0.1, 0.15) is 16.9 Å². The molecule has 4 aromatic heterocycles. The molecule has 1 aliphatic carbocycles. The number of carboxylic acid groups (broad SMARTS) is 1. The predicted molar refractivity (Wildman–Crippen MR) is 137 cm³/mol. The second-order valence-electron chi connectivity index (χ2n) is 8.54. The first-order valence-corrected chi connectivity index (χ1v) is 12.3. The topological polar surface area (TPSA) is 123 Å². The van der Waals surface area contributed by atoms with Gasteiger partial charge in [0.25, 0.3) is 0 Å². The number of carbonyl (C=O) groups is 1. The van der Waals surface area contributed by atoms with Crippen molar-refractivity contribution in [3.63, 3.8) is 0 Å². The Morgan fingerprint density at radius 2 is 1.94 bits per heavy atom. The van der Waals surface area contributed by atoms with E-state index in [1.165, 1.54) is 34.6 Å². The minimum atomic E-state index is -0.783. The van der Waals surface area contributed by atoms with E-state index in [1.54, 1.807) is 11.0 Å². The molecule has 178 valence electrons. The molecule has 0 spiro atoms. The average molecular weight is 487 g/mol. The highest BCUT2D eigenvalue weighted by Crippen LogP contribution is 2.30. The van der Waals surface area contributed by atoms with Gasteiger partial charge in [-0.25, -0.2) is 14.8 Å². The molecule has 0 saturated heterocycles. The van der Waals surface area contributed by atoms with Crippen molar-refractivity contribution in [2.45, 2.75) is 32.2 Å². The molecule has 0 bridgehead atoms. The Balaban J connectivity index is 0.000000178. The first kappa shape index (κ1) is 22.9. The highest BCUT2D eigenvalue weighted by molar-refractivity contribution is 7.14. The van der Waals surface area contributed by atoms with Crippen LogP contribution < -0.4 is 5.73 Å². The van der Waals surface area contributed by atoms with E-state index < -0.39 is 5.97 Å². The molecule has 0 radical (unpaired) electrons. The summed E-state index contributed by atoms with van der Waals surface area (Å²) in [5.41, 5.74) is 12.8. The fraction of sp³-hybridized carbons (Fsp3) is 0.231. The Hall–Kier alpha value is -3.82. The molecule has 4 N–H and O–H groups in total. The van der Waals surface area contributed by atoms with Crippen LogP contribution >= 0.6 is 11.3 Å². The van der Waals surface area contributed by atoms with Gasteiger partial charge >= 0.3 is 5.97 Å². The van der Waals surface area contributed by atoms with Gasteiger partial charge in [-0.3, -0.25) is 4.68 Å². The number of aromatic amines is 1. The lowest BCUT2D eigenvalue weighted by Gasteiger charge is -2.08. The Morgan fingerprint density at radius 3 is 2.63 bits per heavy atom. The maximum Gasteiger partial charge on any atom is 0.345 e. The monoisotopic (exact) mass is 486 g/mol. The largest absolute Gasteiger partial charge is 0.477 e. The van der Waals surface area contributed by atoms with Gasteiger partial charge in [-0.15, -0.1) is 11.3 Å². The molecule has 35 heavy (non-hydrogen) atoms. The quantitative estimate of drug-likeness (QED) is 0.335. The Kier molecular flexibility index (Phi) is 6.43. The van der Waals surface area contributed by atoms with E-state index in [2.05, 4.69) is 26.1 Å². The highest BCUT2D eigenvalue weighted by Gasteiger charge is 2.16. The summed E-state index contributed by atoms with van der Waals surface area (Å²) in [6.45, 7) is 0.536. The summed E-state index contributed by atoms with van der Waals surface area (Å²) in [6.07, 6.45) is 9.95. The van der Waals surface area contributed by atoms with Gasteiger partial charge < -0.3 is 15.8 Å². The van der Waals surface area contributed by atoms with Gasteiger partial charge in [-0.2, -0.15) is 5.10 Å². The van der Waals surface area contributed by atoms with E-state index in [-0.39, 0.29) is 0 Å². The first-order chi connectivity index (χ1) is 17.0. The number of thiophene rings is 1. The molecule has 6 rings (SSSR count). The lowest BCUT2D eigenvalue weighted by atomic mass is 9.99. The van der Waals surface area contributed by atoms with Gasteiger partial charge in [0.15, 0.2) is 0 Å². The van der Waals surface area contributed by atoms with E-state index >= 15 is 0 Å². The third kappa shape index (κ3) is 4.87. The number of carboxylic acids is 1. The SMILES string of the molecule is Cn1cc(-c2cc3c(-c4ccc(CN)cc4)ncnc3[nH]2)cn1.O=C(O)c1cc2c(s1)CCCC2. The average Bonchev–Trinajstić information content (AvgIpc) is 3.61. The fourth-order valence-electron chi connectivity index (χ4n) is 4.28. The van der Waals surface area contributed by atoms with Gasteiger partial charge in [-0.1, -0.05) is 24.3 Å². The van der Waals surface area contributed by atoms with Crippen LogP contribution in [0.5, 0.6) is 0 Å². The van der Waals surface area contributed by atoms with Crippen LogP contribution in [0.25, 0.3) is 33.5 Å². The number of fused-ring (bicyclic) bond motifs is 2. The number of aromatic nitrogens is 5. The molecule has 0 unspecified atom stereocenters. The van der Waals surface area contributed by atoms with Crippen molar-refractivity contribution in [1.29, 1.82) is 0 Å². The maximum atomic E-state index is 10.6. The molecule has 0 fully saturated rings. The molecular formula is C26H26N6O2S. The minimum absolute atomic E-state index is 0.502. The molecular weight excluding hydrogens is 460 g/mol. The number of nitrogens with two attached hydrogens (primary N) is 1. The summed E-state index contributed by atoms with van der Waals surface area (Å²) < 4.78 is 1.78. The van der Waals surface area contributed by atoms with Crippen LogP contribution in [0.4, 0.5) is 0 Å². The number of H-pyrrole nitrogens is 1. The summed E-state index contributed by atoms with van der Waals surface area (Å²) in [6, 6.07) is 12.0.